The van der Waals surface area contributed by atoms with Crippen molar-refractivity contribution in [1.29, 1.82) is 0 Å². The zero-order valence-electron chi connectivity index (χ0n) is 16.0. The lowest BCUT2D eigenvalue weighted by Gasteiger charge is -2.28. The number of nitrogens with zero attached hydrogens (tertiary/aromatic N) is 5. The van der Waals surface area contributed by atoms with Gasteiger partial charge in [-0.1, -0.05) is 0 Å². The largest absolute Gasteiger partial charge is 0.378 e. The number of anilines is 5. The van der Waals surface area contributed by atoms with Crippen molar-refractivity contribution in [2.45, 2.75) is 0 Å². The molecule has 0 spiro atoms. The fourth-order valence-electron chi connectivity index (χ4n) is 3.28. The Bertz CT molecular complexity index is 1160. The summed E-state index contributed by atoms with van der Waals surface area (Å²) in [5, 5.41) is 17.4. The predicted molar refractivity (Wildman–Crippen MR) is 120 cm³/mol. The van der Waals surface area contributed by atoms with Gasteiger partial charge in [0.25, 0.3) is 0 Å². The van der Waals surface area contributed by atoms with Crippen LogP contribution >= 0.6 is 15.9 Å². The van der Waals surface area contributed by atoms with Gasteiger partial charge >= 0.3 is 0 Å². The molecule has 0 atom stereocenters. The van der Waals surface area contributed by atoms with Gasteiger partial charge in [0.1, 0.15) is 16.9 Å². The van der Waals surface area contributed by atoms with Crippen molar-refractivity contribution in [2.24, 2.45) is 0 Å². The molecule has 152 valence electrons. The van der Waals surface area contributed by atoms with Crippen molar-refractivity contribution >= 4 is 55.8 Å². The molecule has 3 N–H and O–H groups in total. The van der Waals surface area contributed by atoms with Gasteiger partial charge in [-0.2, -0.15) is 20.4 Å². The molecule has 9 nitrogen and oxygen atoms in total. The van der Waals surface area contributed by atoms with E-state index in [0.717, 1.165) is 53.2 Å². The Kier molecular flexibility index (Phi) is 5.16. The minimum Gasteiger partial charge on any atom is -0.378 e. The number of aromatic nitrogens is 5. The van der Waals surface area contributed by atoms with E-state index < -0.39 is 0 Å². The molecule has 30 heavy (non-hydrogen) atoms. The molecule has 0 saturated carbocycles. The topological polar surface area (TPSA) is 104 Å². The van der Waals surface area contributed by atoms with E-state index in [9.17, 15) is 0 Å². The number of rotatable bonds is 5. The molecule has 5 rings (SSSR count). The maximum atomic E-state index is 5.42. The summed E-state index contributed by atoms with van der Waals surface area (Å²) in [5.74, 6) is 1.16. The minimum absolute atomic E-state index is 0.502. The standard InChI is InChI=1S/C20H19BrN8O/c21-16-12-22-20(24-13-1-4-15(5-2-13)29-7-9-30-10-8-29)25-19(16)23-14-3-6-17-18(11-14)27-28-26-17/h1-6,11-12H,7-10H2,(H,26,27,28)(H2,22,23,24,25). The average molecular weight is 467 g/mol. The van der Waals surface area contributed by atoms with Crippen molar-refractivity contribution < 1.29 is 4.74 Å². The van der Waals surface area contributed by atoms with Crippen LogP contribution in [0.15, 0.2) is 53.1 Å². The van der Waals surface area contributed by atoms with Crippen LogP contribution in [0.5, 0.6) is 0 Å². The lowest BCUT2D eigenvalue weighted by atomic mass is 10.2. The number of ether oxygens (including phenoxy) is 1. The van der Waals surface area contributed by atoms with Crippen LogP contribution in [0, 0.1) is 0 Å². The number of H-pyrrole nitrogens is 1. The molecule has 4 aromatic rings. The van der Waals surface area contributed by atoms with Gasteiger partial charge in [-0.05, 0) is 58.4 Å². The number of fused-ring (bicyclic) bond motifs is 1. The van der Waals surface area contributed by atoms with Gasteiger partial charge in [0.2, 0.25) is 5.95 Å². The first-order valence-electron chi connectivity index (χ1n) is 9.54. The number of hydrogen-bond donors (Lipinski definition) is 3. The predicted octanol–water partition coefficient (Wildman–Crippen LogP) is 3.83. The Labute approximate surface area is 181 Å². The van der Waals surface area contributed by atoms with E-state index in [1.54, 1.807) is 6.20 Å². The van der Waals surface area contributed by atoms with Crippen molar-refractivity contribution in [1.82, 2.24) is 25.4 Å². The van der Waals surface area contributed by atoms with Gasteiger partial charge in [0, 0.05) is 36.3 Å². The molecular weight excluding hydrogens is 448 g/mol. The third-order valence-corrected chi connectivity index (χ3v) is 5.40. The fourth-order valence-corrected chi connectivity index (χ4v) is 3.57. The molecule has 0 bridgehead atoms. The van der Waals surface area contributed by atoms with Crippen LogP contribution in [0.1, 0.15) is 0 Å². The van der Waals surface area contributed by atoms with Crippen molar-refractivity contribution in [3.63, 3.8) is 0 Å². The molecule has 0 aliphatic carbocycles. The zero-order valence-corrected chi connectivity index (χ0v) is 17.6. The normalized spacial score (nSPS) is 14.1. The van der Waals surface area contributed by atoms with Crippen molar-refractivity contribution in [3.8, 4) is 0 Å². The van der Waals surface area contributed by atoms with E-state index in [-0.39, 0.29) is 0 Å². The Hall–Kier alpha value is -3.24. The van der Waals surface area contributed by atoms with Gasteiger partial charge in [0.15, 0.2) is 0 Å². The van der Waals surface area contributed by atoms with Crippen LogP contribution in [0.25, 0.3) is 11.0 Å². The Morgan fingerprint density at radius 1 is 0.933 bits per heavy atom. The molecule has 0 unspecified atom stereocenters. The highest BCUT2D eigenvalue weighted by Gasteiger charge is 2.11. The highest BCUT2D eigenvalue weighted by molar-refractivity contribution is 9.10. The number of benzene rings is 2. The fraction of sp³-hybridized carbons (Fsp3) is 0.200. The van der Waals surface area contributed by atoms with Gasteiger partial charge in [0.05, 0.1) is 17.7 Å². The zero-order chi connectivity index (χ0) is 20.3. The summed E-state index contributed by atoms with van der Waals surface area (Å²) >= 11 is 3.50. The summed E-state index contributed by atoms with van der Waals surface area (Å²) in [6.45, 7) is 3.37. The number of halogens is 1. The highest BCUT2D eigenvalue weighted by Crippen LogP contribution is 2.27. The van der Waals surface area contributed by atoms with E-state index in [4.69, 9.17) is 4.74 Å². The SMILES string of the molecule is Brc1cnc(Nc2ccc(N3CCOCC3)cc2)nc1Nc1ccc2n[nH]nc2c1. The number of aromatic amines is 1. The summed E-state index contributed by atoms with van der Waals surface area (Å²) in [6, 6.07) is 14.0. The molecule has 1 fully saturated rings. The Morgan fingerprint density at radius 3 is 2.53 bits per heavy atom. The molecule has 10 heteroatoms. The van der Waals surface area contributed by atoms with Crippen LogP contribution in [-0.2, 0) is 4.74 Å². The molecule has 0 amide bonds. The Balaban J connectivity index is 1.31. The second-order valence-corrected chi connectivity index (χ2v) is 7.67. The molecule has 1 aliphatic rings. The van der Waals surface area contributed by atoms with Gasteiger partial charge in [-0.15, -0.1) is 0 Å². The number of nitrogens with one attached hydrogen (secondary N) is 3. The first kappa shape index (κ1) is 18.8. The van der Waals surface area contributed by atoms with Crippen LogP contribution in [0.4, 0.5) is 28.8 Å². The second kappa shape index (κ2) is 8.25. The summed E-state index contributed by atoms with van der Waals surface area (Å²) in [7, 11) is 0. The van der Waals surface area contributed by atoms with Gasteiger partial charge < -0.3 is 20.3 Å². The Morgan fingerprint density at radius 2 is 1.70 bits per heavy atom. The monoisotopic (exact) mass is 466 g/mol. The van der Waals surface area contributed by atoms with Crippen LogP contribution in [0.2, 0.25) is 0 Å². The van der Waals surface area contributed by atoms with E-state index in [2.05, 4.69) is 69.0 Å². The lowest BCUT2D eigenvalue weighted by molar-refractivity contribution is 0.122. The maximum absolute atomic E-state index is 5.42. The molecule has 3 heterocycles. The quantitative estimate of drug-likeness (QED) is 0.407. The summed E-state index contributed by atoms with van der Waals surface area (Å²) in [4.78, 5) is 11.3. The highest BCUT2D eigenvalue weighted by atomic mass is 79.9. The molecular formula is C20H19BrN8O. The van der Waals surface area contributed by atoms with E-state index in [0.29, 0.717) is 11.8 Å². The second-order valence-electron chi connectivity index (χ2n) is 6.81. The lowest BCUT2D eigenvalue weighted by Crippen LogP contribution is -2.36. The molecule has 2 aromatic heterocycles. The van der Waals surface area contributed by atoms with Crippen molar-refractivity contribution in [3.05, 3.63) is 53.1 Å². The summed E-state index contributed by atoms with van der Waals surface area (Å²) in [6.07, 6.45) is 1.72. The first-order chi connectivity index (χ1) is 14.7. The van der Waals surface area contributed by atoms with E-state index in [1.165, 1.54) is 5.69 Å². The molecule has 1 aliphatic heterocycles. The summed E-state index contributed by atoms with van der Waals surface area (Å²) in [5.41, 5.74) is 4.56. The molecule has 0 radical (unpaired) electrons. The first-order valence-corrected chi connectivity index (χ1v) is 10.3. The van der Waals surface area contributed by atoms with E-state index >= 15 is 0 Å². The van der Waals surface area contributed by atoms with Gasteiger partial charge in [-0.3, -0.25) is 0 Å². The van der Waals surface area contributed by atoms with Crippen LogP contribution in [-0.4, -0.2) is 51.7 Å². The third kappa shape index (κ3) is 4.05. The molecule has 2 aromatic carbocycles. The van der Waals surface area contributed by atoms with Crippen LogP contribution < -0.4 is 15.5 Å². The van der Waals surface area contributed by atoms with Crippen molar-refractivity contribution in [2.75, 3.05) is 41.8 Å². The van der Waals surface area contributed by atoms with Crippen LogP contribution in [0.3, 0.4) is 0 Å². The summed E-state index contributed by atoms with van der Waals surface area (Å²) < 4.78 is 6.18. The maximum Gasteiger partial charge on any atom is 0.229 e. The smallest absolute Gasteiger partial charge is 0.229 e. The number of morpholine rings is 1. The van der Waals surface area contributed by atoms with Gasteiger partial charge in [-0.25, -0.2) is 4.98 Å². The third-order valence-electron chi connectivity index (χ3n) is 4.82. The molecule has 1 saturated heterocycles. The van der Waals surface area contributed by atoms with E-state index in [1.807, 2.05) is 30.3 Å². The average Bonchev–Trinajstić information content (AvgIpc) is 3.25. The minimum atomic E-state index is 0.502. The number of hydrogen-bond acceptors (Lipinski definition) is 8.